The smallest absolute Gasteiger partial charge is 0.278 e. The van der Waals surface area contributed by atoms with Crippen LogP contribution in [-0.2, 0) is 25.6 Å². The molecule has 4 rings (SSSR count). The summed E-state index contributed by atoms with van der Waals surface area (Å²) in [4.78, 5) is 51.8. The van der Waals surface area contributed by atoms with E-state index >= 15 is 0 Å². The summed E-state index contributed by atoms with van der Waals surface area (Å²) in [7, 11) is 0. The van der Waals surface area contributed by atoms with Gasteiger partial charge in [0.2, 0.25) is 5.91 Å². The molecule has 2 N–H and O–H groups in total. The van der Waals surface area contributed by atoms with Crippen molar-refractivity contribution in [3.05, 3.63) is 88.2 Å². The second-order valence-corrected chi connectivity index (χ2v) is 9.98. The predicted octanol–water partition coefficient (Wildman–Crippen LogP) is 4.80. The van der Waals surface area contributed by atoms with Crippen molar-refractivity contribution in [2.75, 3.05) is 5.32 Å². The number of carbonyl (C=O) groups excluding carboxylic acids is 4. The van der Waals surface area contributed by atoms with Crippen LogP contribution in [0.2, 0.25) is 5.02 Å². The SMILES string of the molecule is C=C1CCC(N2C(=O)C=C(Nc3cccc(C(CC)CC(=O)Cc4ccc(C)c(Cl)c4)c3)C2=O)C(=O)N1. The molecule has 8 heteroatoms. The van der Waals surface area contributed by atoms with Gasteiger partial charge in [0.1, 0.15) is 17.5 Å². The first kappa shape index (κ1) is 26.4. The molecule has 0 radical (unpaired) electrons. The summed E-state index contributed by atoms with van der Waals surface area (Å²) in [6.07, 6.45) is 3.53. The highest BCUT2D eigenvalue weighted by Gasteiger charge is 2.41. The van der Waals surface area contributed by atoms with Crippen molar-refractivity contribution in [3.63, 3.8) is 0 Å². The maximum absolute atomic E-state index is 13.0. The van der Waals surface area contributed by atoms with Crippen molar-refractivity contribution in [2.45, 2.75) is 57.9 Å². The number of carbonyl (C=O) groups is 4. The fraction of sp³-hybridized carbons (Fsp3) is 0.310. The molecule has 7 nitrogen and oxygen atoms in total. The summed E-state index contributed by atoms with van der Waals surface area (Å²) >= 11 is 6.20. The molecule has 0 spiro atoms. The van der Waals surface area contributed by atoms with Crippen LogP contribution in [0.4, 0.5) is 5.69 Å². The molecule has 2 aromatic rings. The van der Waals surface area contributed by atoms with Gasteiger partial charge >= 0.3 is 0 Å². The van der Waals surface area contributed by atoms with Crippen LogP contribution in [0, 0.1) is 6.92 Å². The van der Waals surface area contributed by atoms with E-state index in [4.69, 9.17) is 11.6 Å². The number of nitrogens with one attached hydrogen (secondary N) is 2. The Bertz CT molecular complexity index is 1320. The third-order valence-corrected chi connectivity index (χ3v) is 7.24. The van der Waals surface area contributed by atoms with Crippen LogP contribution in [0.15, 0.2) is 66.5 Å². The van der Waals surface area contributed by atoms with Gasteiger partial charge < -0.3 is 10.6 Å². The summed E-state index contributed by atoms with van der Waals surface area (Å²) in [5.74, 6) is -1.35. The van der Waals surface area contributed by atoms with Gasteiger partial charge in [-0.15, -0.1) is 0 Å². The van der Waals surface area contributed by atoms with E-state index in [1.807, 2.05) is 50.2 Å². The maximum Gasteiger partial charge on any atom is 0.278 e. The van der Waals surface area contributed by atoms with Gasteiger partial charge in [0.25, 0.3) is 11.8 Å². The zero-order valence-electron chi connectivity index (χ0n) is 21.0. The molecule has 0 aliphatic carbocycles. The van der Waals surface area contributed by atoms with E-state index < -0.39 is 23.8 Å². The summed E-state index contributed by atoms with van der Waals surface area (Å²) < 4.78 is 0. The first-order valence-electron chi connectivity index (χ1n) is 12.4. The lowest BCUT2D eigenvalue weighted by atomic mass is 9.89. The number of amides is 3. The number of imide groups is 1. The first-order chi connectivity index (χ1) is 17.7. The van der Waals surface area contributed by atoms with E-state index in [-0.39, 0.29) is 17.4 Å². The van der Waals surface area contributed by atoms with Gasteiger partial charge in [-0.1, -0.05) is 49.4 Å². The van der Waals surface area contributed by atoms with Crippen LogP contribution in [-0.4, -0.2) is 34.4 Å². The van der Waals surface area contributed by atoms with E-state index in [1.54, 1.807) is 6.07 Å². The number of ketones is 1. The van der Waals surface area contributed by atoms with Crippen molar-refractivity contribution in [2.24, 2.45) is 0 Å². The molecule has 2 unspecified atom stereocenters. The highest BCUT2D eigenvalue weighted by atomic mass is 35.5. The van der Waals surface area contributed by atoms with Crippen LogP contribution >= 0.6 is 11.6 Å². The molecule has 192 valence electrons. The van der Waals surface area contributed by atoms with E-state index in [9.17, 15) is 19.2 Å². The molecule has 2 atom stereocenters. The molecule has 37 heavy (non-hydrogen) atoms. The van der Waals surface area contributed by atoms with Crippen LogP contribution in [0.25, 0.3) is 0 Å². The molecule has 1 saturated heterocycles. The van der Waals surface area contributed by atoms with Gasteiger partial charge in [-0.25, -0.2) is 0 Å². The summed E-state index contributed by atoms with van der Waals surface area (Å²) in [6.45, 7) is 7.69. The molecule has 0 aromatic heterocycles. The third kappa shape index (κ3) is 6.00. The molecule has 2 aliphatic heterocycles. The number of aryl methyl sites for hydroxylation is 1. The highest BCUT2D eigenvalue weighted by molar-refractivity contribution is 6.31. The van der Waals surface area contributed by atoms with Crippen molar-refractivity contribution in [3.8, 4) is 0 Å². The van der Waals surface area contributed by atoms with Gasteiger partial charge in [-0.05, 0) is 67.0 Å². The topological polar surface area (TPSA) is 95.6 Å². The number of halogens is 1. The standard InChI is InChI=1S/C29H30ClN3O4/c1-4-20(15-23(34)12-19-10-8-17(2)24(30)13-19)21-6-5-7-22(14-21)32-25-16-27(35)33(29(25)37)26-11-9-18(3)31-28(26)36/h5-8,10,13-14,16,20,26,32H,3-4,9,11-12,15H2,1-2H3,(H,31,36). The Kier molecular flexibility index (Phi) is 7.93. The Morgan fingerprint density at radius 3 is 2.70 bits per heavy atom. The third-order valence-electron chi connectivity index (χ3n) is 6.83. The van der Waals surface area contributed by atoms with Crippen LogP contribution in [0.1, 0.15) is 55.2 Å². The van der Waals surface area contributed by atoms with Crippen LogP contribution < -0.4 is 10.6 Å². The van der Waals surface area contributed by atoms with Gasteiger partial charge in [0.15, 0.2) is 0 Å². The lowest BCUT2D eigenvalue weighted by Gasteiger charge is -2.29. The highest BCUT2D eigenvalue weighted by Crippen LogP contribution is 2.29. The molecule has 3 amide bonds. The minimum Gasteiger partial charge on any atom is -0.351 e. The Morgan fingerprint density at radius 2 is 2.00 bits per heavy atom. The molecule has 1 fully saturated rings. The van der Waals surface area contributed by atoms with E-state index in [0.29, 0.717) is 42.1 Å². The zero-order chi connectivity index (χ0) is 26.7. The lowest BCUT2D eigenvalue weighted by molar-refractivity contribution is -0.146. The minimum atomic E-state index is -0.855. The van der Waals surface area contributed by atoms with Crippen molar-refractivity contribution >= 4 is 40.8 Å². The first-order valence-corrected chi connectivity index (χ1v) is 12.8. The molecular weight excluding hydrogens is 490 g/mol. The number of hydrogen-bond acceptors (Lipinski definition) is 5. The molecule has 2 aliphatic rings. The molecule has 2 heterocycles. The summed E-state index contributed by atoms with van der Waals surface area (Å²) in [5.41, 5.74) is 4.14. The zero-order valence-corrected chi connectivity index (χ0v) is 21.7. The van der Waals surface area contributed by atoms with Gasteiger partial charge in [0.05, 0.1) is 0 Å². The van der Waals surface area contributed by atoms with Gasteiger partial charge in [0, 0.05) is 35.3 Å². The van der Waals surface area contributed by atoms with Gasteiger partial charge in [-0.2, -0.15) is 0 Å². The second-order valence-electron chi connectivity index (χ2n) is 9.58. The predicted molar refractivity (Wildman–Crippen MR) is 143 cm³/mol. The number of benzene rings is 2. The van der Waals surface area contributed by atoms with Crippen molar-refractivity contribution < 1.29 is 19.2 Å². The Balaban J connectivity index is 1.42. The molecular formula is C29H30ClN3O4. The van der Waals surface area contributed by atoms with Crippen molar-refractivity contribution in [1.82, 2.24) is 10.2 Å². The number of allylic oxidation sites excluding steroid dienone is 1. The summed E-state index contributed by atoms with van der Waals surface area (Å²) in [5, 5.41) is 6.31. The minimum absolute atomic E-state index is 0.000550. The van der Waals surface area contributed by atoms with Crippen LogP contribution in [0.3, 0.4) is 0 Å². The maximum atomic E-state index is 13.0. The number of piperidine rings is 1. The Morgan fingerprint density at radius 1 is 1.22 bits per heavy atom. The lowest BCUT2D eigenvalue weighted by Crippen LogP contribution is -2.52. The van der Waals surface area contributed by atoms with Crippen LogP contribution in [0.5, 0.6) is 0 Å². The molecule has 0 saturated carbocycles. The number of Topliss-reactive ketones (excluding diaryl/α,β-unsaturated/α-hetero) is 1. The summed E-state index contributed by atoms with van der Waals surface area (Å²) in [6, 6.07) is 12.3. The average Bonchev–Trinajstić information content (AvgIpc) is 3.12. The van der Waals surface area contributed by atoms with Crippen molar-refractivity contribution in [1.29, 1.82) is 0 Å². The number of anilines is 1. The van der Waals surface area contributed by atoms with E-state index in [1.165, 1.54) is 6.08 Å². The fourth-order valence-corrected chi connectivity index (χ4v) is 4.93. The number of hydrogen-bond donors (Lipinski definition) is 2. The van der Waals surface area contributed by atoms with Gasteiger partial charge in [-0.3, -0.25) is 24.1 Å². The van der Waals surface area contributed by atoms with E-state index in [0.717, 1.165) is 28.0 Å². The molecule has 0 bridgehead atoms. The molecule has 2 aromatic carbocycles. The number of rotatable bonds is 9. The Labute approximate surface area is 221 Å². The Hall–Kier alpha value is -3.71. The monoisotopic (exact) mass is 519 g/mol. The normalized spacial score (nSPS) is 18.5. The second kappa shape index (κ2) is 11.1. The number of nitrogens with zero attached hydrogens (tertiary/aromatic N) is 1. The quantitative estimate of drug-likeness (QED) is 0.464. The van der Waals surface area contributed by atoms with E-state index in [2.05, 4.69) is 17.2 Å². The largest absolute Gasteiger partial charge is 0.351 e. The average molecular weight is 520 g/mol. The fourth-order valence-electron chi connectivity index (χ4n) is 4.72.